The first kappa shape index (κ1) is 49.9. The van der Waals surface area contributed by atoms with E-state index in [1.54, 1.807) is 24.3 Å². The highest BCUT2D eigenvalue weighted by molar-refractivity contribution is 7.00. The summed E-state index contributed by atoms with van der Waals surface area (Å²) in [4.78, 5) is 1.85. The van der Waals surface area contributed by atoms with Gasteiger partial charge in [-0.2, -0.15) is 10.5 Å². The van der Waals surface area contributed by atoms with Gasteiger partial charge in [0.1, 0.15) is 19.4 Å². The van der Waals surface area contributed by atoms with Crippen molar-refractivity contribution in [3.63, 3.8) is 0 Å². The first-order chi connectivity index (χ1) is 38.2. The molecule has 2 heterocycles. The number of benzene rings is 10. The second-order valence-electron chi connectivity index (χ2n) is 19.4. The van der Waals surface area contributed by atoms with Crippen molar-refractivity contribution in [3.05, 3.63) is 252 Å². The van der Waals surface area contributed by atoms with Crippen molar-refractivity contribution in [3.8, 4) is 23.5 Å². The largest absolute Gasteiger partial charge is 0.309 e. The van der Waals surface area contributed by atoms with Crippen molar-refractivity contribution in [1.29, 1.82) is 10.5 Å². The number of aromatic nitrogens is 2. The zero-order valence-corrected chi connectivity index (χ0v) is 42.7. The van der Waals surface area contributed by atoms with E-state index in [0.717, 1.165) is 56.1 Å². The molecule has 0 bridgehead atoms. The molecule has 10 aromatic carbocycles. The van der Waals surface area contributed by atoms with Crippen molar-refractivity contribution >= 4 is 96.2 Å². The highest BCUT2D eigenvalue weighted by atomic mass is 28.3. The minimum Gasteiger partial charge on any atom is -0.309 e. The molecule has 2 aromatic heterocycles. The standard InChI is InChI=1S/C64H38F8N6Si/c1-79(2,63-57(69)53(65)61(54(66)58(63)70)75(41-25-21-37(35-73)22-26-41)43-29-31-51-47(33-43)45-17-9-11-19-49(45)77(51)39-13-5-3-6-14-39)64-59(71)55(67)62(56(68)60(64)72)76(42-27-23-38(36-74)24-28-42)44-30-32-52-48(34-44)46-18-10-12-20-50(46)78(52)40-15-7-4-8-16-40/h3-34H,1-2H3. The minimum absolute atomic E-state index is 0.0266. The maximum atomic E-state index is 17.4. The van der Waals surface area contributed by atoms with Crippen molar-refractivity contribution in [2.45, 2.75) is 13.1 Å². The van der Waals surface area contributed by atoms with Crippen LogP contribution in [-0.4, -0.2) is 17.2 Å². The fourth-order valence-electron chi connectivity index (χ4n) is 11.0. The fourth-order valence-corrected chi connectivity index (χ4v) is 13.8. The van der Waals surface area contributed by atoms with Gasteiger partial charge in [-0.25, -0.2) is 35.1 Å². The quantitative estimate of drug-likeness (QED) is 0.0778. The Balaban J connectivity index is 1.02. The van der Waals surface area contributed by atoms with Gasteiger partial charge in [-0.15, -0.1) is 0 Å². The van der Waals surface area contributed by atoms with Gasteiger partial charge in [-0.1, -0.05) is 85.9 Å². The predicted octanol–water partition coefficient (Wildman–Crippen LogP) is 16.5. The SMILES string of the molecule is C[Si](C)(c1c(F)c(F)c(N(c2ccc(C#N)cc2)c2ccc3c(c2)c2ccccc2n3-c2ccccc2)c(F)c1F)c1c(F)c(F)c(N(c2ccc(C#N)cc2)c2ccc3c(c2)c2ccccc2n3-c2ccccc2)c(F)c1F. The molecule has 0 unspecified atom stereocenters. The predicted molar refractivity (Wildman–Crippen MR) is 297 cm³/mol. The molecule has 0 aliphatic carbocycles. The maximum absolute atomic E-state index is 17.4. The first-order valence-electron chi connectivity index (χ1n) is 24.7. The molecular weight excluding hydrogens is 1030 g/mol. The molecular formula is C64H38F8N6Si. The van der Waals surface area contributed by atoms with E-state index in [2.05, 4.69) is 0 Å². The third kappa shape index (κ3) is 7.88. The molecule has 0 fully saturated rings. The second-order valence-corrected chi connectivity index (χ2v) is 23.6. The van der Waals surface area contributed by atoms with Crippen LogP contribution in [-0.2, 0) is 0 Å². The van der Waals surface area contributed by atoms with E-state index in [1.165, 1.54) is 60.7 Å². The third-order valence-corrected chi connectivity index (χ3v) is 17.9. The summed E-state index contributed by atoms with van der Waals surface area (Å²) in [6.45, 7) is 1.85. The average molecular weight is 1070 g/mol. The van der Waals surface area contributed by atoms with Gasteiger partial charge in [0.15, 0.2) is 46.5 Å². The molecule has 12 rings (SSSR count). The van der Waals surface area contributed by atoms with Crippen LogP contribution in [0.15, 0.2) is 194 Å². The van der Waals surface area contributed by atoms with E-state index in [0.29, 0.717) is 21.8 Å². The van der Waals surface area contributed by atoms with E-state index in [4.69, 9.17) is 0 Å². The molecule has 0 aliphatic heterocycles. The number of para-hydroxylation sites is 4. The summed E-state index contributed by atoms with van der Waals surface area (Å²) in [6, 6.07) is 57.8. The number of halogens is 8. The first-order valence-corrected chi connectivity index (χ1v) is 27.7. The van der Waals surface area contributed by atoms with Crippen LogP contribution in [0.2, 0.25) is 13.1 Å². The van der Waals surface area contributed by atoms with E-state index in [9.17, 15) is 10.5 Å². The summed E-state index contributed by atoms with van der Waals surface area (Å²) in [5.41, 5.74) is 2.34. The fraction of sp³-hybridized carbons (Fsp3) is 0.0312. The lowest BCUT2D eigenvalue weighted by Crippen LogP contribution is -2.59. The van der Waals surface area contributed by atoms with Crippen molar-refractivity contribution in [1.82, 2.24) is 9.13 Å². The molecule has 12 aromatic rings. The van der Waals surface area contributed by atoms with Crippen LogP contribution in [0.3, 0.4) is 0 Å². The molecule has 0 atom stereocenters. The number of fused-ring (bicyclic) bond motifs is 6. The molecule has 0 radical (unpaired) electrons. The summed E-state index contributed by atoms with van der Waals surface area (Å²) in [5, 5.41) is 19.0. The Bertz CT molecular complexity index is 4180. The highest BCUT2D eigenvalue weighted by Gasteiger charge is 2.45. The number of nitrogens with zero attached hydrogens (tertiary/aromatic N) is 6. The summed E-state index contributed by atoms with van der Waals surface area (Å²) in [5.74, 6) is -16.1. The van der Waals surface area contributed by atoms with Gasteiger partial charge < -0.3 is 18.9 Å². The summed E-state index contributed by atoms with van der Waals surface area (Å²) in [6.07, 6.45) is 0. The number of anilines is 6. The van der Waals surface area contributed by atoms with Gasteiger partial charge >= 0.3 is 0 Å². The lowest BCUT2D eigenvalue weighted by Gasteiger charge is -2.32. The molecule has 15 heteroatoms. The molecule has 0 aliphatic rings. The van der Waals surface area contributed by atoms with Gasteiger partial charge in [0.2, 0.25) is 0 Å². The Hall–Kier alpha value is -9.96. The zero-order chi connectivity index (χ0) is 55.0. The van der Waals surface area contributed by atoms with Crippen LogP contribution in [0.4, 0.5) is 69.2 Å². The number of hydrogen-bond donors (Lipinski definition) is 0. The molecule has 0 saturated carbocycles. The molecule has 0 spiro atoms. The lowest BCUT2D eigenvalue weighted by atomic mass is 10.1. The van der Waals surface area contributed by atoms with Gasteiger partial charge in [0.05, 0.1) is 45.3 Å². The van der Waals surface area contributed by atoms with E-state index in [-0.39, 0.29) is 33.9 Å². The summed E-state index contributed by atoms with van der Waals surface area (Å²) >= 11 is 0. The highest BCUT2D eigenvalue weighted by Crippen LogP contribution is 2.45. The maximum Gasteiger partial charge on any atom is 0.185 e. The lowest BCUT2D eigenvalue weighted by molar-refractivity contribution is 0.461. The van der Waals surface area contributed by atoms with E-state index >= 15 is 35.1 Å². The van der Waals surface area contributed by atoms with Crippen molar-refractivity contribution in [2.75, 3.05) is 9.80 Å². The Kier molecular flexibility index (Phi) is 12.2. The topological polar surface area (TPSA) is 63.9 Å². The summed E-state index contributed by atoms with van der Waals surface area (Å²) < 4.78 is 143. The Labute approximate surface area is 447 Å². The average Bonchev–Trinajstić information content (AvgIpc) is 4.22. The Morgan fingerprint density at radius 3 is 0.987 bits per heavy atom. The Morgan fingerprint density at radius 1 is 0.342 bits per heavy atom. The van der Waals surface area contributed by atoms with Crippen molar-refractivity contribution < 1.29 is 35.1 Å². The minimum atomic E-state index is -4.98. The van der Waals surface area contributed by atoms with Crippen LogP contribution < -0.4 is 20.2 Å². The molecule has 0 amide bonds. The van der Waals surface area contributed by atoms with Crippen molar-refractivity contribution in [2.24, 2.45) is 0 Å². The van der Waals surface area contributed by atoms with Crippen LogP contribution in [0.5, 0.6) is 0 Å². The molecule has 0 N–H and O–H groups in total. The molecule has 0 saturated heterocycles. The van der Waals surface area contributed by atoms with E-state index in [1.807, 2.05) is 130 Å². The van der Waals surface area contributed by atoms with E-state index < -0.39 is 76.4 Å². The zero-order valence-electron chi connectivity index (χ0n) is 41.7. The number of hydrogen-bond acceptors (Lipinski definition) is 4. The van der Waals surface area contributed by atoms with Gasteiger partial charge in [-0.3, -0.25) is 0 Å². The van der Waals surface area contributed by atoms with Crippen LogP contribution in [0.25, 0.3) is 55.0 Å². The normalized spacial score (nSPS) is 11.6. The number of rotatable bonds is 10. The van der Waals surface area contributed by atoms with Crippen LogP contribution in [0.1, 0.15) is 11.1 Å². The number of nitriles is 2. The van der Waals surface area contributed by atoms with Gasteiger partial charge in [-0.05, 0) is 121 Å². The van der Waals surface area contributed by atoms with Crippen LogP contribution in [0, 0.1) is 69.2 Å². The second kappa shape index (κ2) is 19.2. The van der Waals surface area contributed by atoms with Gasteiger partial charge in [0, 0.05) is 66.0 Å². The smallest absolute Gasteiger partial charge is 0.185 e. The monoisotopic (exact) mass is 1070 g/mol. The molecule has 384 valence electrons. The molecule has 6 nitrogen and oxygen atoms in total. The molecule has 79 heavy (non-hydrogen) atoms. The van der Waals surface area contributed by atoms with Crippen LogP contribution >= 0.6 is 0 Å². The van der Waals surface area contributed by atoms with Gasteiger partial charge in [0.25, 0.3) is 0 Å². The third-order valence-electron chi connectivity index (χ3n) is 14.5. The summed E-state index contributed by atoms with van der Waals surface area (Å²) in [7, 11) is -4.98. The Morgan fingerprint density at radius 2 is 0.646 bits per heavy atom.